The maximum atomic E-state index is 12.7. The second-order valence-electron chi connectivity index (χ2n) is 7.68. The summed E-state index contributed by atoms with van der Waals surface area (Å²) in [4.78, 5) is 41.1. The summed E-state index contributed by atoms with van der Waals surface area (Å²) in [6.45, 7) is 2.34. The van der Waals surface area contributed by atoms with Gasteiger partial charge in [-0.15, -0.1) is 0 Å². The van der Waals surface area contributed by atoms with Crippen molar-refractivity contribution in [3.63, 3.8) is 0 Å². The molecule has 0 aromatic heterocycles. The summed E-state index contributed by atoms with van der Waals surface area (Å²) in [7, 11) is 3.05. The molecule has 9 heteroatoms. The number of rotatable bonds is 7. The van der Waals surface area contributed by atoms with Crippen LogP contribution >= 0.6 is 0 Å². The Kier molecular flexibility index (Phi) is 6.81. The fourth-order valence-electron chi connectivity index (χ4n) is 4.08. The first-order valence-electron chi connectivity index (χ1n) is 10.1. The lowest BCUT2D eigenvalue weighted by Gasteiger charge is -2.27. The highest BCUT2D eigenvalue weighted by molar-refractivity contribution is 6.02. The number of aliphatic hydroxyl groups is 1. The Balaban J connectivity index is 1.64. The number of nitrogens with zero attached hydrogens (tertiary/aromatic N) is 2. The minimum absolute atomic E-state index is 0.0604. The zero-order chi connectivity index (χ0) is 21.8. The summed E-state index contributed by atoms with van der Waals surface area (Å²) >= 11 is 0. The van der Waals surface area contributed by atoms with Crippen molar-refractivity contribution in [2.45, 2.75) is 38.3 Å². The molecule has 2 saturated heterocycles. The van der Waals surface area contributed by atoms with Crippen molar-refractivity contribution in [2.24, 2.45) is 5.92 Å². The molecule has 9 nitrogen and oxygen atoms in total. The lowest BCUT2D eigenvalue weighted by Crippen LogP contribution is -2.50. The van der Waals surface area contributed by atoms with E-state index in [1.165, 1.54) is 12.0 Å². The van der Waals surface area contributed by atoms with Gasteiger partial charge in [0.1, 0.15) is 17.5 Å². The molecule has 3 amide bonds. The molecule has 1 aromatic rings. The van der Waals surface area contributed by atoms with Crippen LogP contribution < -0.4 is 19.7 Å². The molecule has 3 unspecified atom stereocenters. The third kappa shape index (κ3) is 4.35. The van der Waals surface area contributed by atoms with E-state index in [1.54, 1.807) is 37.1 Å². The normalized spacial score (nSPS) is 22.2. The van der Waals surface area contributed by atoms with Gasteiger partial charge in [0.15, 0.2) is 0 Å². The Morgan fingerprint density at radius 2 is 2.07 bits per heavy atom. The number of methoxy groups -OCH3 is 2. The average molecular weight is 419 g/mol. The van der Waals surface area contributed by atoms with E-state index in [1.807, 2.05) is 0 Å². The maximum Gasteiger partial charge on any atom is 0.245 e. The molecule has 2 aliphatic rings. The van der Waals surface area contributed by atoms with Crippen LogP contribution in [0.25, 0.3) is 0 Å². The van der Waals surface area contributed by atoms with Crippen molar-refractivity contribution in [3.05, 3.63) is 18.2 Å². The van der Waals surface area contributed by atoms with Gasteiger partial charge in [-0.2, -0.15) is 0 Å². The largest absolute Gasteiger partial charge is 0.497 e. The van der Waals surface area contributed by atoms with Gasteiger partial charge in [-0.3, -0.25) is 14.4 Å². The van der Waals surface area contributed by atoms with Crippen LogP contribution in [-0.4, -0.2) is 73.7 Å². The zero-order valence-electron chi connectivity index (χ0n) is 17.6. The van der Waals surface area contributed by atoms with Gasteiger partial charge < -0.3 is 29.7 Å². The van der Waals surface area contributed by atoms with E-state index in [4.69, 9.17) is 9.47 Å². The molecule has 1 aromatic carbocycles. The van der Waals surface area contributed by atoms with Crippen molar-refractivity contribution in [1.29, 1.82) is 0 Å². The molecule has 30 heavy (non-hydrogen) atoms. The van der Waals surface area contributed by atoms with Gasteiger partial charge in [0.2, 0.25) is 17.7 Å². The molecular weight excluding hydrogens is 390 g/mol. The first-order valence-corrected chi connectivity index (χ1v) is 10.1. The third-order valence-corrected chi connectivity index (χ3v) is 5.77. The first-order chi connectivity index (χ1) is 14.4. The van der Waals surface area contributed by atoms with Gasteiger partial charge in [-0.05, 0) is 31.9 Å². The second kappa shape index (κ2) is 9.34. The predicted molar refractivity (Wildman–Crippen MR) is 109 cm³/mol. The molecule has 2 N–H and O–H groups in total. The topological polar surface area (TPSA) is 108 Å². The number of nitrogens with one attached hydrogen (secondary N) is 1. The van der Waals surface area contributed by atoms with E-state index in [0.29, 0.717) is 23.7 Å². The van der Waals surface area contributed by atoms with E-state index in [2.05, 4.69) is 5.32 Å². The van der Waals surface area contributed by atoms with Gasteiger partial charge in [-0.1, -0.05) is 0 Å². The third-order valence-electron chi connectivity index (χ3n) is 5.77. The summed E-state index contributed by atoms with van der Waals surface area (Å²) < 4.78 is 10.6. The fraction of sp³-hybridized carbons (Fsp3) is 0.571. The van der Waals surface area contributed by atoms with Crippen LogP contribution in [-0.2, 0) is 14.4 Å². The standard InChI is InChI=1S/C21H29N3O6/c1-13(21(28)23-8-4-5-15(23)12-25)22-20(27)14-9-19(26)24(11-14)17-7-6-16(29-2)10-18(17)30-3/h6-7,10,13-15,25H,4-5,8-9,11-12H2,1-3H3,(H,22,27). The van der Waals surface area contributed by atoms with Crippen LogP contribution in [0.3, 0.4) is 0 Å². The molecular formula is C21H29N3O6. The Bertz CT molecular complexity index is 814. The van der Waals surface area contributed by atoms with E-state index >= 15 is 0 Å². The summed E-state index contributed by atoms with van der Waals surface area (Å²) in [6, 6.07) is 4.23. The van der Waals surface area contributed by atoms with Crippen LogP contribution in [0.2, 0.25) is 0 Å². The Morgan fingerprint density at radius 3 is 2.73 bits per heavy atom. The second-order valence-corrected chi connectivity index (χ2v) is 7.68. The molecule has 0 saturated carbocycles. The molecule has 164 valence electrons. The molecule has 0 radical (unpaired) electrons. The number of carbonyl (C=O) groups excluding carboxylic acids is 3. The predicted octanol–water partition coefficient (Wildman–Crippen LogP) is 0.545. The first kappa shape index (κ1) is 21.9. The van der Waals surface area contributed by atoms with Crippen LogP contribution in [0.1, 0.15) is 26.2 Å². The Hall–Kier alpha value is -2.81. The number of ether oxygens (including phenoxy) is 2. The van der Waals surface area contributed by atoms with Crippen LogP contribution in [0, 0.1) is 5.92 Å². The molecule has 0 aliphatic carbocycles. The van der Waals surface area contributed by atoms with Gasteiger partial charge in [0, 0.05) is 25.6 Å². The number of amides is 3. The fourth-order valence-corrected chi connectivity index (χ4v) is 4.08. The smallest absolute Gasteiger partial charge is 0.245 e. The lowest BCUT2D eigenvalue weighted by molar-refractivity contribution is -0.138. The Labute approximate surface area is 175 Å². The van der Waals surface area contributed by atoms with Gasteiger partial charge in [0.25, 0.3) is 0 Å². The highest BCUT2D eigenvalue weighted by Gasteiger charge is 2.38. The molecule has 3 atom stereocenters. The quantitative estimate of drug-likeness (QED) is 0.668. The number of benzene rings is 1. The minimum atomic E-state index is -0.718. The zero-order valence-corrected chi connectivity index (χ0v) is 17.6. The Morgan fingerprint density at radius 1 is 1.30 bits per heavy atom. The van der Waals surface area contributed by atoms with Crippen LogP contribution in [0.4, 0.5) is 5.69 Å². The van der Waals surface area contributed by atoms with Gasteiger partial charge >= 0.3 is 0 Å². The average Bonchev–Trinajstić information content (AvgIpc) is 3.39. The highest BCUT2D eigenvalue weighted by Crippen LogP contribution is 2.35. The van der Waals surface area contributed by atoms with Crippen molar-refractivity contribution >= 4 is 23.4 Å². The molecule has 2 aliphatic heterocycles. The summed E-state index contributed by atoms with van der Waals surface area (Å²) in [6.07, 6.45) is 1.66. The number of anilines is 1. The minimum Gasteiger partial charge on any atom is -0.497 e. The number of hydrogen-bond acceptors (Lipinski definition) is 6. The molecule has 0 bridgehead atoms. The molecule has 2 fully saturated rings. The summed E-state index contributed by atoms with van der Waals surface area (Å²) in [5, 5.41) is 12.2. The van der Waals surface area contributed by atoms with Crippen molar-refractivity contribution < 1.29 is 29.0 Å². The number of carbonyl (C=O) groups is 3. The summed E-state index contributed by atoms with van der Waals surface area (Å²) in [5.41, 5.74) is 0.575. The van der Waals surface area contributed by atoms with Crippen molar-refractivity contribution in [3.8, 4) is 11.5 Å². The van der Waals surface area contributed by atoms with Crippen molar-refractivity contribution in [2.75, 3.05) is 38.8 Å². The van der Waals surface area contributed by atoms with E-state index in [-0.39, 0.29) is 43.3 Å². The van der Waals surface area contributed by atoms with E-state index in [0.717, 1.165) is 12.8 Å². The van der Waals surface area contributed by atoms with Crippen molar-refractivity contribution in [1.82, 2.24) is 10.2 Å². The number of hydrogen-bond donors (Lipinski definition) is 2. The molecule has 2 heterocycles. The summed E-state index contributed by atoms with van der Waals surface area (Å²) in [5.74, 6) is -0.204. The number of aliphatic hydroxyl groups excluding tert-OH is 1. The monoisotopic (exact) mass is 419 g/mol. The lowest BCUT2D eigenvalue weighted by atomic mass is 10.1. The van der Waals surface area contributed by atoms with E-state index in [9.17, 15) is 19.5 Å². The van der Waals surface area contributed by atoms with Crippen LogP contribution in [0.5, 0.6) is 11.5 Å². The SMILES string of the molecule is COc1ccc(N2CC(C(=O)NC(C)C(=O)N3CCCC3CO)CC2=O)c(OC)c1. The van der Waals surface area contributed by atoms with Gasteiger partial charge in [0.05, 0.1) is 38.5 Å². The van der Waals surface area contributed by atoms with Crippen LogP contribution in [0.15, 0.2) is 18.2 Å². The maximum absolute atomic E-state index is 12.7. The van der Waals surface area contributed by atoms with E-state index < -0.39 is 12.0 Å². The molecule has 0 spiro atoms. The number of likely N-dealkylation sites (tertiary alicyclic amines) is 1. The highest BCUT2D eigenvalue weighted by atomic mass is 16.5. The molecule has 3 rings (SSSR count). The van der Waals surface area contributed by atoms with Gasteiger partial charge in [-0.25, -0.2) is 0 Å².